The first-order chi connectivity index (χ1) is 9.60. The normalized spacial score (nSPS) is 11.1. The van der Waals surface area contributed by atoms with Crippen LogP contribution in [0, 0.1) is 6.92 Å². The minimum absolute atomic E-state index is 0.543. The van der Waals surface area contributed by atoms with E-state index in [0.29, 0.717) is 19.1 Å². The van der Waals surface area contributed by atoms with Crippen molar-refractivity contribution in [3.8, 4) is 5.75 Å². The first-order valence-corrected chi connectivity index (χ1v) is 7.90. The molecule has 0 unspecified atom stereocenters. The van der Waals surface area contributed by atoms with Crippen molar-refractivity contribution in [2.24, 2.45) is 0 Å². The maximum Gasteiger partial charge on any atom is 0.119 e. The lowest BCUT2D eigenvalue weighted by molar-refractivity contribution is 0.289. The summed E-state index contributed by atoms with van der Waals surface area (Å²) in [5.41, 5.74) is 3.58. The fourth-order valence-corrected chi connectivity index (χ4v) is 2.41. The van der Waals surface area contributed by atoms with Crippen LogP contribution in [0.4, 0.5) is 0 Å². The van der Waals surface area contributed by atoms with E-state index < -0.39 is 0 Å². The molecule has 0 N–H and O–H groups in total. The summed E-state index contributed by atoms with van der Waals surface area (Å²) in [7, 11) is 0. The Morgan fingerprint density at radius 2 is 2.15 bits per heavy atom. The van der Waals surface area contributed by atoms with Crippen molar-refractivity contribution in [1.29, 1.82) is 0 Å². The van der Waals surface area contributed by atoms with Gasteiger partial charge in [-0.15, -0.1) is 5.10 Å². The summed E-state index contributed by atoms with van der Waals surface area (Å²) in [6.45, 7) is 7.82. The number of hydrogen-bond donors (Lipinski definition) is 0. The first-order valence-electron chi connectivity index (χ1n) is 6.78. The minimum Gasteiger partial charge on any atom is -0.492 e. The second-order valence-corrected chi connectivity index (χ2v) is 5.69. The molecule has 4 nitrogen and oxygen atoms in total. The van der Waals surface area contributed by atoms with E-state index in [-0.39, 0.29) is 0 Å². The van der Waals surface area contributed by atoms with Gasteiger partial charge in [0.05, 0.1) is 12.2 Å². The highest BCUT2D eigenvalue weighted by Crippen LogP contribution is 2.23. The van der Waals surface area contributed by atoms with E-state index in [2.05, 4.69) is 59.1 Å². The monoisotopic (exact) mass is 337 g/mol. The second-order valence-electron chi connectivity index (χ2n) is 5.13. The van der Waals surface area contributed by atoms with Crippen molar-refractivity contribution in [2.75, 3.05) is 6.61 Å². The molecule has 108 valence electrons. The molecule has 5 heteroatoms. The molecule has 0 atom stereocenters. The van der Waals surface area contributed by atoms with E-state index in [4.69, 9.17) is 4.74 Å². The fraction of sp³-hybridized carbons (Fsp3) is 0.467. The average molecular weight is 338 g/mol. The Hall–Kier alpha value is -1.36. The Labute approximate surface area is 128 Å². The molecule has 0 saturated carbocycles. The lowest BCUT2D eigenvalue weighted by atomic mass is 9.98. The van der Waals surface area contributed by atoms with Crippen LogP contribution >= 0.6 is 15.9 Å². The molecule has 0 amide bonds. The van der Waals surface area contributed by atoms with Crippen LogP contribution in [0.5, 0.6) is 5.75 Å². The third-order valence-electron chi connectivity index (χ3n) is 3.18. The predicted octanol–water partition coefficient (Wildman–Crippen LogP) is 3.68. The minimum atomic E-state index is 0.543. The van der Waals surface area contributed by atoms with Gasteiger partial charge in [-0.05, 0) is 36.1 Å². The summed E-state index contributed by atoms with van der Waals surface area (Å²) >= 11 is 3.35. The molecule has 2 rings (SSSR count). The average Bonchev–Trinajstić information content (AvgIpc) is 2.86. The van der Waals surface area contributed by atoms with Gasteiger partial charge in [0.2, 0.25) is 0 Å². The van der Waals surface area contributed by atoms with E-state index in [1.54, 1.807) is 4.68 Å². The Morgan fingerprint density at radius 1 is 1.35 bits per heavy atom. The maximum atomic E-state index is 5.77. The third kappa shape index (κ3) is 3.82. The zero-order valence-electron chi connectivity index (χ0n) is 12.1. The highest BCUT2D eigenvalue weighted by molar-refractivity contribution is 9.08. The highest BCUT2D eigenvalue weighted by Gasteiger charge is 2.05. The molecule has 0 aliphatic carbocycles. The number of halogens is 1. The Kier molecular flexibility index (Phi) is 5.17. The van der Waals surface area contributed by atoms with Crippen LogP contribution in [-0.4, -0.2) is 21.6 Å². The summed E-state index contributed by atoms with van der Waals surface area (Å²) in [5, 5.41) is 8.77. The van der Waals surface area contributed by atoms with Gasteiger partial charge in [-0.25, -0.2) is 4.68 Å². The topological polar surface area (TPSA) is 39.9 Å². The number of nitrogens with zero attached hydrogens (tertiary/aromatic N) is 3. The second kappa shape index (κ2) is 6.88. The van der Waals surface area contributed by atoms with Crippen LogP contribution in [0.25, 0.3) is 0 Å². The molecule has 0 aliphatic heterocycles. The Bertz CT molecular complexity index is 566. The number of ether oxygens (including phenoxy) is 1. The molecule has 20 heavy (non-hydrogen) atoms. The summed E-state index contributed by atoms with van der Waals surface area (Å²) in [5.74, 6) is 1.45. The van der Waals surface area contributed by atoms with Crippen LogP contribution in [0.1, 0.15) is 36.6 Å². The van der Waals surface area contributed by atoms with Crippen LogP contribution in [0.3, 0.4) is 0 Å². The number of benzene rings is 1. The van der Waals surface area contributed by atoms with Crippen molar-refractivity contribution >= 4 is 15.9 Å². The standard InChI is InChI=1S/C15H20BrN3O/c1-11(2)15-5-4-14(8-12(15)3)20-7-6-19-10-13(9-16)17-18-19/h4-5,8,10-11H,6-7,9H2,1-3H3. The van der Waals surface area contributed by atoms with Crippen molar-refractivity contribution in [2.45, 2.75) is 38.6 Å². The third-order valence-corrected chi connectivity index (χ3v) is 3.75. The van der Waals surface area contributed by atoms with Crippen LogP contribution in [0.15, 0.2) is 24.4 Å². The van der Waals surface area contributed by atoms with E-state index >= 15 is 0 Å². The first kappa shape index (κ1) is 15.0. The van der Waals surface area contributed by atoms with Gasteiger partial charge < -0.3 is 4.74 Å². The molecule has 1 aromatic carbocycles. The van der Waals surface area contributed by atoms with Gasteiger partial charge in [-0.1, -0.05) is 41.1 Å². The maximum absolute atomic E-state index is 5.77. The van der Waals surface area contributed by atoms with E-state index in [0.717, 1.165) is 16.8 Å². The van der Waals surface area contributed by atoms with Crippen LogP contribution < -0.4 is 4.74 Å². The van der Waals surface area contributed by atoms with Gasteiger partial charge in [0.15, 0.2) is 0 Å². The molecule has 2 aromatic rings. The number of alkyl halides is 1. The van der Waals surface area contributed by atoms with Crippen molar-refractivity contribution in [1.82, 2.24) is 15.0 Å². The van der Waals surface area contributed by atoms with Crippen LogP contribution in [-0.2, 0) is 11.9 Å². The molecule has 0 spiro atoms. The van der Waals surface area contributed by atoms with Gasteiger partial charge in [-0.3, -0.25) is 0 Å². The highest BCUT2D eigenvalue weighted by atomic mass is 79.9. The fourth-order valence-electron chi connectivity index (χ4n) is 2.15. The number of rotatable bonds is 6. The molecule has 1 heterocycles. The Morgan fingerprint density at radius 3 is 2.75 bits per heavy atom. The lowest BCUT2D eigenvalue weighted by Crippen LogP contribution is -2.09. The summed E-state index contributed by atoms with van der Waals surface area (Å²) in [6.07, 6.45) is 1.92. The molecular weight excluding hydrogens is 318 g/mol. The zero-order valence-corrected chi connectivity index (χ0v) is 13.7. The quantitative estimate of drug-likeness (QED) is 0.755. The molecule has 0 bridgehead atoms. The number of aryl methyl sites for hydroxylation is 1. The van der Waals surface area contributed by atoms with Gasteiger partial charge >= 0.3 is 0 Å². The molecule has 0 radical (unpaired) electrons. The van der Waals surface area contributed by atoms with Gasteiger partial charge in [-0.2, -0.15) is 0 Å². The molecule has 0 aliphatic rings. The smallest absolute Gasteiger partial charge is 0.119 e. The summed E-state index contributed by atoms with van der Waals surface area (Å²) < 4.78 is 7.57. The van der Waals surface area contributed by atoms with Crippen molar-refractivity contribution < 1.29 is 4.74 Å². The van der Waals surface area contributed by atoms with Gasteiger partial charge in [0, 0.05) is 11.5 Å². The molecule has 1 aromatic heterocycles. The number of hydrogen-bond acceptors (Lipinski definition) is 3. The molecule has 0 fully saturated rings. The van der Waals surface area contributed by atoms with Gasteiger partial charge in [0.25, 0.3) is 0 Å². The largest absolute Gasteiger partial charge is 0.492 e. The lowest BCUT2D eigenvalue weighted by Gasteiger charge is -2.12. The predicted molar refractivity (Wildman–Crippen MR) is 83.4 cm³/mol. The summed E-state index contributed by atoms with van der Waals surface area (Å²) in [6, 6.07) is 6.28. The van der Waals surface area contributed by atoms with E-state index in [9.17, 15) is 0 Å². The molecule has 0 saturated heterocycles. The van der Waals surface area contributed by atoms with Crippen molar-refractivity contribution in [3.05, 3.63) is 41.2 Å². The Balaban J connectivity index is 1.89. The van der Waals surface area contributed by atoms with Gasteiger partial charge in [0.1, 0.15) is 12.4 Å². The molecular formula is C15H20BrN3O. The summed E-state index contributed by atoms with van der Waals surface area (Å²) in [4.78, 5) is 0. The van der Waals surface area contributed by atoms with Crippen LogP contribution in [0.2, 0.25) is 0 Å². The zero-order chi connectivity index (χ0) is 14.5. The van der Waals surface area contributed by atoms with E-state index in [1.807, 2.05) is 12.3 Å². The van der Waals surface area contributed by atoms with Crippen molar-refractivity contribution in [3.63, 3.8) is 0 Å². The number of aromatic nitrogens is 3. The SMILES string of the molecule is Cc1cc(OCCn2cc(CBr)nn2)ccc1C(C)C. The van der Waals surface area contributed by atoms with E-state index in [1.165, 1.54) is 11.1 Å².